The molecule has 0 aromatic heterocycles. The van der Waals surface area contributed by atoms with Crippen LogP contribution in [0, 0.1) is 20.2 Å². The van der Waals surface area contributed by atoms with Crippen LogP contribution >= 0.6 is 0 Å². The molecule has 12 nitrogen and oxygen atoms in total. The first-order valence-electron chi connectivity index (χ1n) is 4.78. The maximum Gasteiger partial charge on any atom is 0.465 e. The minimum absolute atomic E-state index is 0.751. The molecule has 16 heteroatoms. The van der Waals surface area contributed by atoms with Crippen molar-refractivity contribution in [1.29, 1.82) is 0 Å². The number of nitrogens with zero attached hydrogens (tertiary/aromatic N) is 2. The van der Waals surface area contributed by atoms with Crippen LogP contribution in [0.25, 0.3) is 0 Å². The summed E-state index contributed by atoms with van der Waals surface area (Å²) in [6, 6.07) is 0. The molecule has 0 aliphatic heterocycles. The Labute approximate surface area is 116 Å². The molecule has 0 aliphatic rings. The summed E-state index contributed by atoms with van der Waals surface area (Å²) in [4.78, 5) is 40.5. The minimum Gasteiger partial charge on any atom is -0.439 e. The lowest BCUT2D eigenvalue weighted by Crippen LogP contribution is -2.49. The molecule has 0 unspecified atom stereocenters. The van der Waals surface area contributed by atoms with Crippen LogP contribution in [0.5, 0.6) is 0 Å². The van der Waals surface area contributed by atoms with Crippen LogP contribution < -0.4 is 10.9 Å². The molecule has 0 saturated carbocycles. The summed E-state index contributed by atoms with van der Waals surface area (Å²) in [5.74, 6) is -10.1. The van der Waals surface area contributed by atoms with Crippen molar-refractivity contribution in [2.24, 2.45) is 0 Å². The van der Waals surface area contributed by atoms with Crippen LogP contribution in [0.4, 0.5) is 27.2 Å². The van der Waals surface area contributed by atoms with Gasteiger partial charge in [0.1, 0.15) is 0 Å². The van der Waals surface area contributed by atoms with E-state index in [1.54, 1.807) is 0 Å². The normalized spacial score (nSPS) is 11.3. The first-order valence-corrected chi connectivity index (χ1v) is 4.78. The molecule has 0 radical (unpaired) electrons. The number of alkyl halides is 4. The van der Waals surface area contributed by atoms with Gasteiger partial charge >= 0.3 is 24.0 Å². The van der Waals surface area contributed by atoms with E-state index >= 15 is 0 Å². The molecular formula is C6H6F4N4O8. The fourth-order valence-corrected chi connectivity index (χ4v) is 0.737. The van der Waals surface area contributed by atoms with Gasteiger partial charge in [0.25, 0.3) is 0 Å². The predicted octanol–water partition coefficient (Wildman–Crippen LogP) is 0.0928. The van der Waals surface area contributed by atoms with Crippen molar-refractivity contribution in [3.8, 4) is 0 Å². The number of amides is 2. The molecule has 0 atom stereocenters. The van der Waals surface area contributed by atoms with Crippen LogP contribution in [0.3, 0.4) is 0 Å². The Morgan fingerprint density at radius 2 is 1.14 bits per heavy atom. The molecule has 0 rings (SSSR count). The summed E-state index contributed by atoms with van der Waals surface area (Å²) in [7, 11) is 0. The van der Waals surface area contributed by atoms with Crippen molar-refractivity contribution < 1.29 is 46.7 Å². The standard InChI is InChI=1S/C6H6F4N4O8/c7-5(8,1-21-3(15)11-13(17)18)6(9,10)2-22-4(16)12-14(19)20/h1-2H2,(H,11,15)(H,12,16). The van der Waals surface area contributed by atoms with Crippen LogP contribution in [-0.4, -0.2) is 47.3 Å². The molecule has 0 spiro atoms. The molecule has 0 aromatic rings. The predicted molar refractivity (Wildman–Crippen MR) is 52.9 cm³/mol. The Kier molecular flexibility index (Phi) is 6.22. The van der Waals surface area contributed by atoms with Crippen molar-refractivity contribution in [2.75, 3.05) is 13.2 Å². The SMILES string of the molecule is O=C(N[N+](=O)[O-])OCC(F)(F)C(F)(F)COC(=O)N[N+](=O)[O-]. The van der Waals surface area contributed by atoms with E-state index < -0.39 is 47.3 Å². The summed E-state index contributed by atoms with van der Waals surface area (Å²) < 4.78 is 59.1. The van der Waals surface area contributed by atoms with Gasteiger partial charge in [-0.05, 0) is 10.9 Å². The number of carbonyl (C=O) groups excluding carboxylic acids is 2. The maximum atomic E-state index is 13.0. The second kappa shape index (κ2) is 7.18. The quantitative estimate of drug-likeness (QED) is 0.375. The molecule has 126 valence electrons. The van der Waals surface area contributed by atoms with E-state index in [0.29, 0.717) is 0 Å². The summed E-state index contributed by atoms with van der Waals surface area (Å²) in [5.41, 5.74) is 1.50. The van der Waals surface area contributed by atoms with Crippen LogP contribution in [-0.2, 0) is 9.47 Å². The van der Waals surface area contributed by atoms with E-state index in [4.69, 9.17) is 0 Å². The molecule has 2 amide bonds. The Hall–Kier alpha value is -2.94. The number of rotatable bonds is 7. The number of halogens is 4. The number of nitrogens with one attached hydrogen (secondary N) is 2. The topological polar surface area (TPSA) is 163 Å². The minimum atomic E-state index is -5.07. The van der Waals surface area contributed by atoms with Crippen molar-refractivity contribution >= 4 is 12.2 Å². The molecule has 0 aliphatic carbocycles. The lowest BCUT2D eigenvalue weighted by Gasteiger charge is -2.25. The Bertz CT molecular complexity index is 430. The van der Waals surface area contributed by atoms with Gasteiger partial charge in [-0.3, -0.25) is 0 Å². The van der Waals surface area contributed by atoms with Gasteiger partial charge in [-0.2, -0.15) is 17.6 Å². The third-order valence-electron chi connectivity index (χ3n) is 1.67. The average molecular weight is 338 g/mol. The van der Waals surface area contributed by atoms with Gasteiger partial charge < -0.3 is 9.47 Å². The molecular weight excluding hydrogens is 332 g/mol. The van der Waals surface area contributed by atoms with Crippen LogP contribution in [0.15, 0.2) is 0 Å². The first kappa shape index (κ1) is 19.1. The zero-order chi connectivity index (χ0) is 17.6. The molecule has 0 heterocycles. The fourth-order valence-electron chi connectivity index (χ4n) is 0.737. The highest BCUT2D eigenvalue weighted by Crippen LogP contribution is 2.34. The molecule has 0 bridgehead atoms. The zero-order valence-electron chi connectivity index (χ0n) is 10.1. The fraction of sp³-hybridized carbons (Fsp3) is 0.667. The maximum absolute atomic E-state index is 13.0. The number of ether oxygens (including phenoxy) is 2. The number of hydrogen-bond donors (Lipinski definition) is 2. The second-order valence-corrected chi connectivity index (χ2v) is 3.30. The second-order valence-electron chi connectivity index (χ2n) is 3.30. The highest BCUT2D eigenvalue weighted by molar-refractivity contribution is 5.66. The largest absolute Gasteiger partial charge is 0.465 e. The van der Waals surface area contributed by atoms with E-state index in [1.165, 1.54) is 0 Å². The van der Waals surface area contributed by atoms with Gasteiger partial charge in [0, 0.05) is 0 Å². The van der Waals surface area contributed by atoms with E-state index in [9.17, 15) is 47.4 Å². The lowest BCUT2D eigenvalue weighted by molar-refractivity contribution is -0.530. The molecule has 0 saturated heterocycles. The van der Waals surface area contributed by atoms with E-state index in [2.05, 4.69) is 9.47 Å². The van der Waals surface area contributed by atoms with E-state index in [0.717, 1.165) is 10.9 Å². The number of hydrogen-bond acceptors (Lipinski definition) is 8. The summed E-state index contributed by atoms with van der Waals surface area (Å²) in [6.07, 6.45) is -4.07. The average Bonchev–Trinajstić information content (AvgIpc) is 2.32. The third-order valence-corrected chi connectivity index (χ3v) is 1.67. The van der Waals surface area contributed by atoms with E-state index in [1.807, 2.05) is 0 Å². The van der Waals surface area contributed by atoms with Crippen molar-refractivity contribution in [2.45, 2.75) is 11.8 Å². The van der Waals surface area contributed by atoms with Gasteiger partial charge in [-0.25, -0.2) is 29.8 Å². The lowest BCUT2D eigenvalue weighted by atomic mass is 10.2. The monoisotopic (exact) mass is 338 g/mol. The molecule has 0 fully saturated rings. The number of nitro groups is 2. The smallest absolute Gasteiger partial charge is 0.439 e. The van der Waals surface area contributed by atoms with Crippen molar-refractivity contribution in [3.05, 3.63) is 20.2 Å². The van der Waals surface area contributed by atoms with Crippen LogP contribution in [0.1, 0.15) is 0 Å². The third kappa shape index (κ3) is 6.48. The first-order chi connectivity index (χ1) is 9.87. The van der Waals surface area contributed by atoms with E-state index in [-0.39, 0.29) is 0 Å². The Balaban J connectivity index is 4.52. The number of hydrazine groups is 2. The van der Waals surface area contributed by atoms with Gasteiger partial charge in [0.05, 0.1) is 0 Å². The van der Waals surface area contributed by atoms with Gasteiger partial charge in [-0.1, -0.05) is 0 Å². The highest BCUT2D eigenvalue weighted by atomic mass is 19.3. The zero-order valence-corrected chi connectivity index (χ0v) is 10.1. The van der Waals surface area contributed by atoms with Crippen molar-refractivity contribution in [3.63, 3.8) is 0 Å². The number of carbonyl (C=O) groups is 2. The molecule has 22 heavy (non-hydrogen) atoms. The van der Waals surface area contributed by atoms with Gasteiger partial charge in [0.2, 0.25) is 0 Å². The summed E-state index contributed by atoms with van der Waals surface area (Å²) in [5, 5.41) is 16.5. The van der Waals surface area contributed by atoms with Gasteiger partial charge in [0.15, 0.2) is 23.3 Å². The van der Waals surface area contributed by atoms with Crippen LogP contribution in [0.2, 0.25) is 0 Å². The molecule has 0 aromatic carbocycles. The Morgan fingerprint density at radius 3 is 1.36 bits per heavy atom. The Morgan fingerprint density at radius 1 is 0.864 bits per heavy atom. The van der Waals surface area contributed by atoms with Crippen molar-refractivity contribution in [1.82, 2.24) is 10.9 Å². The van der Waals surface area contributed by atoms with Gasteiger partial charge in [-0.15, -0.1) is 0 Å². The summed E-state index contributed by atoms with van der Waals surface area (Å²) >= 11 is 0. The molecule has 2 N–H and O–H groups in total. The summed E-state index contributed by atoms with van der Waals surface area (Å²) in [6.45, 7) is -4.56. The highest BCUT2D eigenvalue weighted by Gasteiger charge is 2.58.